The zero-order valence-electron chi connectivity index (χ0n) is 15.8. The summed E-state index contributed by atoms with van der Waals surface area (Å²) in [5.41, 5.74) is -0.888. The third-order valence-electron chi connectivity index (χ3n) is 6.32. The Labute approximate surface area is 168 Å². The van der Waals surface area contributed by atoms with Crippen LogP contribution in [0.3, 0.4) is 0 Å². The number of nitrogens with zero attached hydrogens (tertiary/aromatic N) is 3. The van der Waals surface area contributed by atoms with Crippen LogP contribution < -0.4 is 0 Å². The molecule has 0 spiro atoms. The molecule has 0 aromatic heterocycles. The molecule has 3 heterocycles. The third kappa shape index (κ3) is 3.05. The van der Waals surface area contributed by atoms with Crippen LogP contribution in [0.5, 0.6) is 0 Å². The first-order valence-corrected chi connectivity index (χ1v) is 9.99. The number of halogens is 2. The number of hydrogen-bond acceptors (Lipinski definition) is 3. The Bertz CT molecular complexity index is 842. The van der Waals surface area contributed by atoms with E-state index < -0.39 is 17.1 Å². The molecule has 3 aliphatic heterocycles. The van der Waals surface area contributed by atoms with Gasteiger partial charge in [-0.1, -0.05) is 11.6 Å². The van der Waals surface area contributed by atoms with Crippen molar-refractivity contribution >= 4 is 29.3 Å². The second kappa shape index (κ2) is 7.03. The SMILES string of the molecule is CC(=O)N1CC2CN(C(=O)c3cc(Cl)ccc3F)CC2(C(=O)N2CCCC2)C1. The highest BCUT2D eigenvalue weighted by Gasteiger charge is 2.59. The van der Waals surface area contributed by atoms with E-state index in [1.165, 1.54) is 25.1 Å². The number of carbonyl (C=O) groups is 3. The summed E-state index contributed by atoms with van der Waals surface area (Å²) < 4.78 is 14.2. The van der Waals surface area contributed by atoms with Gasteiger partial charge in [-0.3, -0.25) is 14.4 Å². The van der Waals surface area contributed by atoms with Crippen molar-refractivity contribution in [3.63, 3.8) is 0 Å². The van der Waals surface area contributed by atoms with Gasteiger partial charge in [0.15, 0.2) is 0 Å². The largest absolute Gasteiger partial charge is 0.342 e. The topological polar surface area (TPSA) is 60.9 Å². The van der Waals surface area contributed by atoms with Crippen LogP contribution in [0.25, 0.3) is 0 Å². The van der Waals surface area contributed by atoms with Crippen molar-refractivity contribution in [3.05, 3.63) is 34.6 Å². The van der Waals surface area contributed by atoms with Gasteiger partial charge in [-0.25, -0.2) is 4.39 Å². The number of fused-ring (bicyclic) bond motifs is 1. The first kappa shape index (κ1) is 19.2. The Kier molecular flexibility index (Phi) is 4.81. The summed E-state index contributed by atoms with van der Waals surface area (Å²) in [5, 5.41) is 0.287. The van der Waals surface area contributed by atoms with Crippen molar-refractivity contribution in [2.75, 3.05) is 39.3 Å². The van der Waals surface area contributed by atoms with Gasteiger partial charge < -0.3 is 14.7 Å². The molecule has 2 atom stereocenters. The number of amides is 3. The molecule has 150 valence electrons. The average molecular weight is 408 g/mol. The molecular formula is C20H23ClFN3O3. The Balaban J connectivity index is 1.63. The first-order valence-electron chi connectivity index (χ1n) is 9.61. The van der Waals surface area contributed by atoms with E-state index in [9.17, 15) is 18.8 Å². The maximum Gasteiger partial charge on any atom is 0.256 e. The van der Waals surface area contributed by atoms with Gasteiger partial charge in [-0.05, 0) is 31.0 Å². The molecule has 3 amide bonds. The predicted molar refractivity (Wildman–Crippen MR) is 101 cm³/mol. The number of likely N-dealkylation sites (tertiary alicyclic amines) is 3. The lowest BCUT2D eigenvalue weighted by atomic mass is 9.79. The smallest absolute Gasteiger partial charge is 0.256 e. The molecular weight excluding hydrogens is 385 g/mol. The van der Waals surface area contributed by atoms with Crippen molar-refractivity contribution in [2.45, 2.75) is 19.8 Å². The second-order valence-corrected chi connectivity index (χ2v) is 8.50. The van der Waals surface area contributed by atoms with E-state index in [0.29, 0.717) is 32.7 Å². The summed E-state index contributed by atoms with van der Waals surface area (Å²) in [4.78, 5) is 43.4. The molecule has 3 aliphatic rings. The zero-order chi connectivity index (χ0) is 20.1. The maximum atomic E-state index is 14.2. The zero-order valence-corrected chi connectivity index (χ0v) is 16.5. The molecule has 1 aromatic rings. The lowest BCUT2D eigenvalue weighted by Crippen LogP contribution is -2.49. The van der Waals surface area contributed by atoms with Crippen molar-refractivity contribution in [2.24, 2.45) is 11.3 Å². The summed E-state index contributed by atoms with van der Waals surface area (Å²) >= 11 is 5.94. The summed E-state index contributed by atoms with van der Waals surface area (Å²) in [5.74, 6) is -1.29. The summed E-state index contributed by atoms with van der Waals surface area (Å²) in [6.07, 6.45) is 1.94. The molecule has 2 unspecified atom stereocenters. The van der Waals surface area contributed by atoms with E-state index in [0.717, 1.165) is 12.8 Å². The second-order valence-electron chi connectivity index (χ2n) is 8.06. The van der Waals surface area contributed by atoms with Crippen LogP contribution in [-0.4, -0.2) is 71.7 Å². The van der Waals surface area contributed by atoms with Gasteiger partial charge in [0.1, 0.15) is 5.82 Å². The molecule has 6 nitrogen and oxygen atoms in total. The summed E-state index contributed by atoms with van der Waals surface area (Å²) in [7, 11) is 0. The lowest BCUT2D eigenvalue weighted by molar-refractivity contribution is -0.141. The Hall–Kier alpha value is -2.15. The number of rotatable bonds is 2. The van der Waals surface area contributed by atoms with Crippen LogP contribution in [0.1, 0.15) is 30.1 Å². The quantitative estimate of drug-likeness (QED) is 0.753. The van der Waals surface area contributed by atoms with E-state index in [-0.39, 0.29) is 34.9 Å². The van der Waals surface area contributed by atoms with Gasteiger partial charge in [0.25, 0.3) is 5.91 Å². The van der Waals surface area contributed by atoms with Crippen LogP contribution in [0.4, 0.5) is 4.39 Å². The Morgan fingerprint density at radius 1 is 1.07 bits per heavy atom. The standard InChI is InChI=1S/C20H23ClFN3O3/c1-13(26)24-9-14-10-25(18(27)16-8-15(21)4-5-17(16)22)12-20(14,11-24)19(28)23-6-2-3-7-23/h4-5,8,14H,2-3,6-7,9-12H2,1H3. The molecule has 0 aliphatic carbocycles. The fraction of sp³-hybridized carbons (Fsp3) is 0.550. The molecule has 0 N–H and O–H groups in total. The first-order chi connectivity index (χ1) is 13.3. The average Bonchev–Trinajstić information content (AvgIpc) is 3.37. The molecule has 8 heteroatoms. The van der Waals surface area contributed by atoms with E-state index in [1.54, 1.807) is 9.80 Å². The van der Waals surface area contributed by atoms with Gasteiger partial charge >= 0.3 is 0 Å². The highest BCUT2D eigenvalue weighted by atomic mass is 35.5. The normalized spacial score (nSPS) is 26.7. The van der Waals surface area contributed by atoms with Crippen LogP contribution in [0, 0.1) is 17.2 Å². The Morgan fingerprint density at radius 3 is 2.39 bits per heavy atom. The van der Waals surface area contributed by atoms with Gasteiger partial charge in [0.05, 0.1) is 11.0 Å². The van der Waals surface area contributed by atoms with Crippen LogP contribution in [0.2, 0.25) is 5.02 Å². The third-order valence-corrected chi connectivity index (χ3v) is 6.55. The molecule has 0 radical (unpaired) electrons. The molecule has 3 saturated heterocycles. The number of carbonyl (C=O) groups excluding carboxylic acids is 3. The van der Waals surface area contributed by atoms with Gasteiger partial charge in [0.2, 0.25) is 11.8 Å². The van der Waals surface area contributed by atoms with Crippen LogP contribution >= 0.6 is 11.6 Å². The van der Waals surface area contributed by atoms with Gasteiger partial charge in [-0.2, -0.15) is 0 Å². The molecule has 4 rings (SSSR count). The fourth-order valence-corrected chi connectivity index (χ4v) is 5.00. The van der Waals surface area contributed by atoms with Crippen LogP contribution in [-0.2, 0) is 9.59 Å². The molecule has 3 fully saturated rings. The number of benzene rings is 1. The van der Waals surface area contributed by atoms with E-state index in [2.05, 4.69) is 0 Å². The number of hydrogen-bond donors (Lipinski definition) is 0. The summed E-state index contributed by atoms with van der Waals surface area (Å²) in [6, 6.07) is 3.90. The minimum atomic E-state index is -0.805. The molecule has 0 saturated carbocycles. The van der Waals surface area contributed by atoms with E-state index in [4.69, 9.17) is 11.6 Å². The van der Waals surface area contributed by atoms with Crippen molar-refractivity contribution < 1.29 is 18.8 Å². The summed E-state index contributed by atoms with van der Waals surface area (Å²) in [6.45, 7) is 4.20. The predicted octanol–water partition coefficient (Wildman–Crippen LogP) is 2.02. The van der Waals surface area contributed by atoms with Gasteiger partial charge in [0, 0.05) is 57.1 Å². The lowest BCUT2D eigenvalue weighted by Gasteiger charge is -2.32. The van der Waals surface area contributed by atoms with Crippen molar-refractivity contribution in [1.82, 2.24) is 14.7 Å². The van der Waals surface area contributed by atoms with Crippen LogP contribution in [0.15, 0.2) is 18.2 Å². The minimum Gasteiger partial charge on any atom is -0.342 e. The highest BCUT2D eigenvalue weighted by Crippen LogP contribution is 2.45. The fourth-order valence-electron chi connectivity index (χ4n) is 4.83. The van der Waals surface area contributed by atoms with E-state index in [1.807, 2.05) is 4.90 Å². The maximum absolute atomic E-state index is 14.2. The monoisotopic (exact) mass is 407 g/mol. The molecule has 1 aromatic carbocycles. The van der Waals surface area contributed by atoms with Gasteiger partial charge in [-0.15, -0.1) is 0 Å². The Morgan fingerprint density at radius 2 is 1.71 bits per heavy atom. The van der Waals surface area contributed by atoms with Crippen molar-refractivity contribution in [3.8, 4) is 0 Å². The van der Waals surface area contributed by atoms with Crippen molar-refractivity contribution in [1.29, 1.82) is 0 Å². The molecule has 0 bridgehead atoms. The minimum absolute atomic E-state index is 0.0145. The highest BCUT2D eigenvalue weighted by molar-refractivity contribution is 6.31. The molecule has 28 heavy (non-hydrogen) atoms. The van der Waals surface area contributed by atoms with E-state index >= 15 is 0 Å².